The zero-order chi connectivity index (χ0) is 15.7. The van der Waals surface area contributed by atoms with Crippen molar-refractivity contribution in [3.05, 3.63) is 65.4 Å². The van der Waals surface area contributed by atoms with Crippen LogP contribution in [0.1, 0.15) is 28.5 Å². The molecule has 0 aliphatic carbocycles. The molecule has 0 fully saturated rings. The van der Waals surface area contributed by atoms with Gasteiger partial charge in [0.2, 0.25) is 0 Å². The van der Waals surface area contributed by atoms with Crippen LogP contribution in [0.25, 0.3) is 10.9 Å². The van der Waals surface area contributed by atoms with Crippen molar-refractivity contribution in [2.75, 3.05) is 7.11 Å². The average molecular weight is 293 g/mol. The van der Waals surface area contributed by atoms with Crippen molar-refractivity contribution in [2.45, 2.75) is 20.3 Å². The van der Waals surface area contributed by atoms with E-state index in [1.165, 1.54) is 0 Å². The Labute approximate surface area is 130 Å². The van der Waals surface area contributed by atoms with Crippen LogP contribution < -0.4 is 4.74 Å². The Bertz CT molecular complexity index is 832. The molecule has 22 heavy (non-hydrogen) atoms. The molecule has 1 aromatic heterocycles. The van der Waals surface area contributed by atoms with Gasteiger partial charge in [-0.3, -0.25) is 9.36 Å². The quantitative estimate of drug-likeness (QED) is 0.724. The Balaban J connectivity index is 2.26. The van der Waals surface area contributed by atoms with Gasteiger partial charge in [0.05, 0.1) is 12.6 Å². The number of fused-ring (bicyclic) bond motifs is 1. The highest BCUT2D eigenvalue weighted by Crippen LogP contribution is 2.30. The number of aromatic nitrogens is 1. The predicted octanol–water partition coefficient (Wildman–Crippen LogP) is 4.21. The molecule has 0 atom stereocenters. The second kappa shape index (κ2) is 5.68. The van der Waals surface area contributed by atoms with E-state index in [4.69, 9.17) is 4.74 Å². The monoisotopic (exact) mass is 293 g/mol. The molecule has 0 saturated carbocycles. The van der Waals surface area contributed by atoms with E-state index in [9.17, 15) is 4.79 Å². The minimum atomic E-state index is 0.0146. The van der Waals surface area contributed by atoms with Crippen LogP contribution in [-0.4, -0.2) is 17.6 Å². The van der Waals surface area contributed by atoms with Crippen LogP contribution in [-0.2, 0) is 6.42 Å². The van der Waals surface area contributed by atoms with E-state index < -0.39 is 0 Å². The minimum Gasteiger partial charge on any atom is -0.497 e. The molecular weight excluding hydrogens is 274 g/mol. The van der Waals surface area contributed by atoms with Gasteiger partial charge >= 0.3 is 0 Å². The van der Waals surface area contributed by atoms with Crippen molar-refractivity contribution in [3.63, 3.8) is 0 Å². The van der Waals surface area contributed by atoms with Crippen molar-refractivity contribution < 1.29 is 9.53 Å². The van der Waals surface area contributed by atoms with Gasteiger partial charge in [-0.1, -0.05) is 25.1 Å². The minimum absolute atomic E-state index is 0.0146. The fourth-order valence-electron chi connectivity index (χ4n) is 2.97. The molecule has 0 spiro atoms. The molecule has 1 heterocycles. The average Bonchev–Trinajstić information content (AvgIpc) is 2.86. The first-order valence-corrected chi connectivity index (χ1v) is 7.45. The molecule has 0 N–H and O–H groups in total. The Morgan fingerprint density at radius 3 is 2.50 bits per heavy atom. The second-order valence-electron chi connectivity index (χ2n) is 5.31. The Morgan fingerprint density at radius 1 is 1.14 bits per heavy atom. The third kappa shape index (κ3) is 2.19. The predicted molar refractivity (Wildman–Crippen MR) is 88.8 cm³/mol. The van der Waals surface area contributed by atoms with Crippen molar-refractivity contribution >= 4 is 16.8 Å². The van der Waals surface area contributed by atoms with Crippen molar-refractivity contribution in [3.8, 4) is 5.75 Å². The molecule has 0 bridgehead atoms. The number of rotatable bonds is 3. The molecule has 3 nitrogen and oxygen atoms in total. The summed E-state index contributed by atoms with van der Waals surface area (Å²) in [6, 6.07) is 15.3. The number of benzene rings is 2. The summed E-state index contributed by atoms with van der Waals surface area (Å²) in [5, 5.41) is 1.07. The van der Waals surface area contributed by atoms with Gasteiger partial charge in [0.1, 0.15) is 5.75 Å². The highest BCUT2D eigenvalue weighted by molar-refractivity contribution is 6.04. The summed E-state index contributed by atoms with van der Waals surface area (Å²) in [7, 11) is 1.66. The lowest BCUT2D eigenvalue weighted by Crippen LogP contribution is -2.14. The number of carbonyl (C=O) groups is 1. The summed E-state index contributed by atoms with van der Waals surface area (Å²) in [5.41, 5.74) is 3.83. The van der Waals surface area contributed by atoms with E-state index in [1.54, 1.807) is 7.11 Å². The van der Waals surface area contributed by atoms with Gasteiger partial charge in [-0.15, -0.1) is 0 Å². The highest BCUT2D eigenvalue weighted by Gasteiger charge is 2.19. The lowest BCUT2D eigenvalue weighted by Gasteiger charge is -2.09. The standard InChI is InChI=1S/C19H19NO2/c1-4-17-13(2)16-12-15(22-3)10-11-18(16)20(17)19(21)14-8-6-5-7-9-14/h5-12H,4H2,1-3H3. The van der Waals surface area contributed by atoms with E-state index in [0.29, 0.717) is 5.56 Å². The van der Waals surface area contributed by atoms with Crippen LogP contribution in [0.5, 0.6) is 5.75 Å². The first-order chi connectivity index (χ1) is 10.7. The molecule has 2 aromatic carbocycles. The van der Waals surface area contributed by atoms with E-state index >= 15 is 0 Å². The third-order valence-corrected chi connectivity index (χ3v) is 4.11. The number of aryl methyl sites for hydroxylation is 1. The second-order valence-corrected chi connectivity index (χ2v) is 5.31. The van der Waals surface area contributed by atoms with Crippen LogP contribution in [0.3, 0.4) is 0 Å². The van der Waals surface area contributed by atoms with E-state index in [0.717, 1.165) is 34.3 Å². The largest absolute Gasteiger partial charge is 0.497 e. The molecule has 3 rings (SSSR count). The summed E-state index contributed by atoms with van der Waals surface area (Å²) in [6.45, 7) is 4.14. The lowest BCUT2D eigenvalue weighted by atomic mass is 10.1. The van der Waals surface area contributed by atoms with Gasteiger partial charge < -0.3 is 4.74 Å². The van der Waals surface area contributed by atoms with Crippen molar-refractivity contribution in [1.29, 1.82) is 0 Å². The molecule has 0 amide bonds. The molecule has 0 aliphatic heterocycles. The summed E-state index contributed by atoms with van der Waals surface area (Å²) in [4.78, 5) is 12.9. The van der Waals surface area contributed by atoms with Crippen LogP contribution in [0, 0.1) is 6.92 Å². The van der Waals surface area contributed by atoms with Crippen molar-refractivity contribution in [2.24, 2.45) is 0 Å². The molecule has 3 heteroatoms. The molecule has 0 unspecified atom stereocenters. The first kappa shape index (κ1) is 14.4. The smallest absolute Gasteiger partial charge is 0.262 e. The van der Waals surface area contributed by atoms with Gasteiger partial charge in [0.15, 0.2) is 0 Å². The van der Waals surface area contributed by atoms with Gasteiger partial charge in [-0.25, -0.2) is 0 Å². The van der Waals surface area contributed by atoms with Crippen LogP contribution in [0.15, 0.2) is 48.5 Å². The first-order valence-electron chi connectivity index (χ1n) is 7.45. The fraction of sp³-hybridized carbons (Fsp3) is 0.211. The SMILES string of the molecule is CCc1c(C)c2cc(OC)ccc2n1C(=O)c1ccccc1. The number of methoxy groups -OCH3 is 1. The maximum Gasteiger partial charge on any atom is 0.262 e. The zero-order valence-corrected chi connectivity index (χ0v) is 13.1. The Morgan fingerprint density at radius 2 is 1.86 bits per heavy atom. The van der Waals surface area contributed by atoms with E-state index in [2.05, 4.69) is 13.8 Å². The van der Waals surface area contributed by atoms with E-state index in [1.807, 2.05) is 53.1 Å². The molecule has 3 aromatic rings. The van der Waals surface area contributed by atoms with Gasteiger partial charge in [-0.05, 0) is 49.2 Å². The molecular formula is C19H19NO2. The van der Waals surface area contributed by atoms with Crippen LogP contribution >= 0.6 is 0 Å². The number of carbonyl (C=O) groups excluding carboxylic acids is 1. The molecule has 0 aliphatic rings. The highest BCUT2D eigenvalue weighted by atomic mass is 16.5. The topological polar surface area (TPSA) is 31.2 Å². The zero-order valence-electron chi connectivity index (χ0n) is 13.1. The van der Waals surface area contributed by atoms with Crippen LogP contribution in [0.2, 0.25) is 0 Å². The van der Waals surface area contributed by atoms with Gasteiger partial charge in [0, 0.05) is 16.6 Å². The maximum absolute atomic E-state index is 12.9. The van der Waals surface area contributed by atoms with Crippen LogP contribution in [0.4, 0.5) is 0 Å². The molecule has 0 saturated heterocycles. The van der Waals surface area contributed by atoms with E-state index in [-0.39, 0.29) is 5.91 Å². The summed E-state index contributed by atoms with van der Waals surface area (Å²) < 4.78 is 7.14. The molecule has 0 radical (unpaired) electrons. The Hall–Kier alpha value is -2.55. The normalized spacial score (nSPS) is 10.9. The third-order valence-electron chi connectivity index (χ3n) is 4.11. The number of ether oxygens (including phenoxy) is 1. The summed E-state index contributed by atoms with van der Waals surface area (Å²) >= 11 is 0. The number of hydrogen-bond acceptors (Lipinski definition) is 2. The Kier molecular flexibility index (Phi) is 3.72. The number of nitrogens with zero attached hydrogens (tertiary/aromatic N) is 1. The van der Waals surface area contributed by atoms with Gasteiger partial charge in [0.25, 0.3) is 5.91 Å². The maximum atomic E-state index is 12.9. The summed E-state index contributed by atoms with van der Waals surface area (Å²) in [6.07, 6.45) is 0.807. The fourth-order valence-corrected chi connectivity index (χ4v) is 2.97. The molecule has 112 valence electrons. The van der Waals surface area contributed by atoms with Gasteiger partial charge in [-0.2, -0.15) is 0 Å². The van der Waals surface area contributed by atoms with Crippen molar-refractivity contribution in [1.82, 2.24) is 4.57 Å². The number of hydrogen-bond donors (Lipinski definition) is 0. The lowest BCUT2D eigenvalue weighted by molar-refractivity contribution is 0.0962. The summed E-state index contributed by atoms with van der Waals surface area (Å²) in [5.74, 6) is 0.822.